The number of carbonyl (C=O) groups is 2. The largest absolute Gasteiger partial charge is 0.490 e. The number of amides is 1. The third-order valence-electron chi connectivity index (χ3n) is 3.79. The number of nitrogens with one attached hydrogen (secondary N) is 2. The number of benzene rings is 2. The van der Waals surface area contributed by atoms with Gasteiger partial charge in [-0.3, -0.25) is 9.59 Å². The lowest BCUT2D eigenvalue weighted by Gasteiger charge is -2.09. The molecule has 1 amide bonds. The van der Waals surface area contributed by atoms with Gasteiger partial charge in [-0.15, -0.1) is 0 Å². The molecule has 0 aliphatic heterocycles. The van der Waals surface area contributed by atoms with Crippen LogP contribution in [0.3, 0.4) is 0 Å². The maximum atomic E-state index is 12.1. The number of sulfonamides is 1. The van der Waals surface area contributed by atoms with E-state index in [1.54, 1.807) is 18.2 Å². The van der Waals surface area contributed by atoms with E-state index in [-0.39, 0.29) is 24.7 Å². The van der Waals surface area contributed by atoms with E-state index in [9.17, 15) is 18.0 Å². The van der Waals surface area contributed by atoms with Crippen molar-refractivity contribution in [3.8, 4) is 5.75 Å². The van der Waals surface area contributed by atoms with Gasteiger partial charge in [-0.25, -0.2) is 13.1 Å². The van der Waals surface area contributed by atoms with Crippen molar-refractivity contribution in [3.63, 3.8) is 0 Å². The first-order valence-corrected chi connectivity index (χ1v) is 10.4. The fraction of sp³-hybridized carbons (Fsp3) is 0.300. The van der Waals surface area contributed by atoms with Crippen LogP contribution in [0.2, 0.25) is 0 Å². The summed E-state index contributed by atoms with van der Waals surface area (Å²) < 4.78 is 36.8. The van der Waals surface area contributed by atoms with Crippen LogP contribution in [-0.2, 0) is 24.3 Å². The second-order valence-corrected chi connectivity index (χ2v) is 8.07. The number of ether oxygens (including phenoxy) is 2. The molecule has 0 radical (unpaired) electrons. The number of hydrogen-bond acceptors (Lipinski definition) is 6. The molecular weight excluding hydrogens is 396 g/mol. The van der Waals surface area contributed by atoms with Gasteiger partial charge in [-0.2, -0.15) is 0 Å². The highest BCUT2D eigenvalue weighted by Crippen LogP contribution is 2.12. The molecule has 156 valence electrons. The molecule has 2 aromatic rings. The number of carbonyl (C=O) groups excluding carboxylic acids is 2. The molecule has 0 bridgehead atoms. The molecular formula is C20H24N2O6S. The number of esters is 1. The summed E-state index contributed by atoms with van der Waals surface area (Å²) in [5.74, 6) is -0.614. The van der Waals surface area contributed by atoms with Gasteiger partial charge in [0, 0.05) is 0 Å². The standard InChI is InChI=1S/C20H24N2O6S/c1-15-6-8-18(9-7-15)29(25,26)22-13-19(23)21-14-20(24)28-11-10-27-17-5-3-4-16(2)12-17/h3-9,12,22H,10-11,13-14H2,1-2H3,(H,21,23). The van der Waals surface area contributed by atoms with Crippen molar-refractivity contribution in [2.75, 3.05) is 26.3 Å². The lowest BCUT2D eigenvalue weighted by molar-refractivity contribution is -0.144. The average Bonchev–Trinajstić information content (AvgIpc) is 2.68. The van der Waals surface area contributed by atoms with Gasteiger partial charge >= 0.3 is 5.97 Å². The molecule has 9 heteroatoms. The van der Waals surface area contributed by atoms with Crippen LogP contribution in [0.5, 0.6) is 5.75 Å². The summed E-state index contributed by atoms with van der Waals surface area (Å²) in [5, 5.41) is 2.30. The van der Waals surface area contributed by atoms with E-state index < -0.39 is 28.4 Å². The van der Waals surface area contributed by atoms with Crippen LogP contribution in [0, 0.1) is 13.8 Å². The second kappa shape index (κ2) is 10.6. The van der Waals surface area contributed by atoms with E-state index in [4.69, 9.17) is 9.47 Å². The topological polar surface area (TPSA) is 111 Å². The van der Waals surface area contributed by atoms with Crippen molar-refractivity contribution >= 4 is 21.9 Å². The highest BCUT2D eigenvalue weighted by molar-refractivity contribution is 7.89. The Morgan fingerprint density at radius 2 is 1.66 bits per heavy atom. The van der Waals surface area contributed by atoms with Crippen LogP contribution >= 0.6 is 0 Å². The van der Waals surface area contributed by atoms with E-state index in [1.807, 2.05) is 32.0 Å². The van der Waals surface area contributed by atoms with Gasteiger partial charge in [0.1, 0.15) is 25.5 Å². The summed E-state index contributed by atoms with van der Waals surface area (Å²) in [4.78, 5) is 23.5. The zero-order valence-corrected chi connectivity index (χ0v) is 17.1. The fourth-order valence-corrected chi connectivity index (χ4v) is 3.25. The Hall–Kier alpha value is -2.91. The van der Waals surface area contributed by atoms with Crippen LogP contribution in [0.4, 0.5) is 0 Å². The van der Waals surface area contributed by atoms with Crippen molar-refractivity contribution in [2.45, 2.75) is 18.7 Å². The summed E-state index contributed by atoms with van der Waals surface area (Å²) in [6.45, 7) is 3.14. The Morgan fingerprint density at radius 3 is 2.34 bits per heavy atom. The van der Waals surface area contributed by atoms with Crippen LogP contribution in [-0.4, -0.2) is 46.6 Å². The minimum atomic E-state index is -3.80. The SMILES string of the molecule is Cc1ccc(S(=O)(=O)NCC(=O)NCC(=O)OCCOc2cccc(C)c2)cc1. The van der Waals surface area contributed by atoms with Crippen molar-refractivity contribution in [1.82, 2.24) is 10.0 Å². The minimum absolute atomic E-state index is 0.0305. The molecule has 0 saturated carbocycles. The van der Waals surface area contributed by atoms with Crippen LogP contribution in [0.1, 0.15) is 11.1 Å². The van der Waals surface area contributed by atoms with Crippen molar-refractivity contribution in [3.05, 3.63) is 59.7 Å². The van der Waals surface area contributed by atoms with Gasteiger partial charge in [-0.1, -0.05) is 29.8 Å². The third kappa shape index (κ3) is 7.92. The van der Waals surface area contributed by atoms with Crippen molar-refractivity contribution in [1.29, 1.82) is 0 Å². The minimum Gasteiger partial charge on any atom is -0.490 e. The maximum Gasteiger partial charge on any atom is 0.325 e. The van der Waals surface area contributed by atoms with Gasteiger partial charge in [0.25, 0.3) is 0 Å². The van der Waals surface area contributed by atoms with Gasteiger partial charge in [-0.05, 0) is 43.7 Å². The van der Waals surface area contributed by atoms with E-state index in [0.29, 0.717) is 5.75 Å². The monoisotopic (exact) mass is 420 g/mol. The Morgan fingerprint density at radius 1 is 0.931 bits per heavy atom. The van der Waals surface area contributed by atoms with Gasteiger partial charge in [0.05, 0.1) is 11.4 Å². The average molecular weight is 420 g/mol. The molecule has 0 fully saturated rings. The van der Waals surface area contributed by atoms with Crippen LogP contribution < -0.4 is 14.8 Å². The van der Waals surface area contributed by atoms with Gasteiger partial charge in [0.15, 0.2) is 0 Å². The molecule has 2 rings (SSSR count). The van der Waals surface area contributed by atoms with Crippen LogP contribution in [0.15, 0.2) is 53.4 Å². The van der Waals surface area contributed by atoms with Crippen LogP contribution in [0.25, 0.3) is 0 Å². The number of rotatable bonds is 10. The molecule has 8 nitrogen and oxygen atoms in total. The predicted octanol–water partition coefficient (Wildman–Crippen LogP) is 1.32. The highest BCUT2D eigenvalue weighted by atomic mass is 32.2. The molecule has 29 heavy (non-hydrogen) atoms. The summed E-state index contributed by atoms with van der Waals surface area (Å²) >= 11 is 0. The summed E-state index contributed by atoms with van der Waals surface area (Å²) in [6.07, 6.45) is 0. The highest BCUT2D eigenvalue weighted by Gasteiger charge is 2.15. The van der Waals surface area contributed by atoms with Crippen molar-refractivity contribution in [2.24, 2.45) is 0 Å². The quantitative estimate of drug-likeness (QED) is 0.443. The molecule has 0 aromatic heterocycles. The zero-order chi connectivity index (χ0) is 21.3. The lowest BCUT2D eigenvalue weighted by Crippen LogP contribution is -2.39. The first-order valence-electron chi connectivity index (χ1n) is 8.94. The molecule has 0 aliphatic rings. The number of hydrogen-bond donors (Lipinski definition) is 2. The van der Waals surface area contributed by atoms with Crippen molar-refractivity contribution < 1.29 is 27.5 Å². The first kappa shape index (κ1) is 22.4. The smallest absolute Gasteiger partial charge is 0.325 e. The molecule has 0 atom stereocenters. The molecule has 0 heterocycles. The van der Waals surface area contributed by atoms with E-state index >= 15 is 0 Å². The van der Waals surface area contributed by atoms with Gasteiger partial charge in [0.2, 0.25) is 15.9 Å². The third-order valence-corrected chi connectivity index (χ3v) is 5.21. The van der Waals surface area contributed by atoms with Gasteiger partial charge < -0.3 is 14.8 Å². The number of aryl methyl sites for hydroxylation is 2. The predicted molar refractivity (Wildman–Crippen MR) is 107 cm³/mol. The molecule has 2 aromatic carbocycles. The Labute approximate surface area is 170 Å². The molecule has 0 spiro atoms. The molecule has 0 aliphatic carbocycles. The summed E-state index contributed by atoms with van der Waals surface area (Å²) in [6, 6.07) is 13.7. The zero-order valence-electron chi connectivity index (χ0n) is 16.3. The summed E-state index contributed by atoms with van der Waals surface area (Å²) in [7, 11) is -3.80. The molecule has 0 saturated heterocycles. The Balaban J connectivity index is 1.64. The lowest BCUT2D eigenvalue weighted by atomic mass is 10.2. The summed E-state index contributed by atoms with van der Waals surface area (Å²) in [5.41, 5.74) is 1.98. The molecule has 2 N–H and O–H groups in total. The fourth-order valence-electron chi connectivity index (χ4n) is 2.27. The van der Waals surface area contributed by atoms with E-state index in [1.165, 1.54) is 12.1 Å². The molecule has 0 unspecified atom stereocenters. The van der Waals surface area contributed by atoms with E-state index in [2.05, 4.69) is 10.0 Å². The normalized spacial score (nSPS) is 11.0. The first-order chi connectivity index (χ1) is 13.8. The Bertz CT molecular complexity index is 942. The maximum absolute atomic E-state index is 12.1. The van der Waals surface area contributed by atoms with E-state index in [0.717, 1.165) is 11.1 Å². The Kier molecular flexibility index (Phi) is 8.17. The second-order valence-electron chi connectivity index (χ2n) is 6.30.